The predicted octanol–water partition coefficient (Wildman–Crippen LogP) is -1.52. The van der Waals surface area contributed by atoms with Gasteiger partial charge < -0.3 is 32.5 Å². The average Bonchev–Trinajstić information content (AvgIpc) is 2.43. The Hall–Kier alpha value is -1.36. The third-order valence-electron chi connectivity index (χ3n) is 3.25. The van der Waals surface area contributed by atoms with E-state index < -0.39 is 55.3 Å². The first-order valence-electron chi connectivity index (χ1n) is 7.65. The van der Waals surface area contributed by atoms with Crippen molar-refractivity contribution in [3.63, 3.8) is 0 Å². The second kappa shape index (κ2) is 9.37. The molecule has 12 heteroatoms. The Morgan fingerprint density at radius 2 is 1.80 bits per heavy atom. The fourth-order valence-electron chi connectivity index (χ4n) is 2.16. The molecule has 0 saturated heterocycles. The van der Waals surface area contributed by atoms with Crippen LogP contribution in [0.1, 0.15) is 33.6 Å². The standard InChI is InChI=1S/C13H27N4O7P/c1-4-5-13(16,10(18)7(2)14)12(21)17-9(11(19)20)6-25(22,23)24-8(3)15/h7-9H,4-6,14-16H2,1-3H3,(H,17,21)(H,19,20)(H,22,23)/t7-,8?,9?,13+/m0/s1. The Balaban J connectivity index is 5.42. The van der Waals surface area contributed by atoms with Crippen molar-refractivity contribution in [3.8, 4) is 0 Å². The quantitative estimate of drug-likeness (QED) is 0.138. The lowest BCUT2D eigenvalue weighted by atomic mass is 9.85. The Morgan fingerprint density at radius 1 is 1.28 bits per heavy atom. The first-order valence-corrected chi connectivity index (χ1v) is 9.41. The van der Waals surface area contributed by atoms with Crippen LogP contribution in [0.25, 0.3) is 0 Å². The number of carbonyl (C=O) groups excluding carboxylic acids is 2. The topological polar surface area (TPSA) is 208 Å². The number of carboxylic acid groups (broad SMARTS) is 1. The number of aliphatic carboxylic acids is 1. The molecule has 0 aliphatic heterocycles. The predicted molar refractivity (Wildman–Crippen MR) is 89.5 cm³/mol. The van der Waals surface area contributed by atoms with E-state index in [0.717, 1.165) is 0 Å². The highest BCUT2D eigenvalue weighted by Crippen LogP contribution is 2.43. The summed E-state index contributed by atoms with van der Waals surface area (Å²) in [5.41, 5.74) is 14.6. The molecule has 0 radical (unpaired) electrons. The minimum absolute atomic E-state index is 0.0708. The average molecular weight is 382 g/mol. The van der Waals surface area contributed by atoms with Gasteiger partial charge in [-0.25, -0.2) is 4.79 Å². The smallest absolute Gasteiger partial charge is 0.332 e. The molecule has 1 amide bonds. The van der Waals surface area contributed by atoms with E-state index in [9.17, 15) is 28.9 Å². The summed E-state index contributed by atoms with van der Waals surface area (Å²) < 4.78 is 16.4. The molecule has 5 atom stereocenters. The van der Waals surface area contributed by atoms with Crippen molar-refractivity contribution in [2.75, 3.05) is 6.16 Å². The van der Waals surface area contributed by atoms with Gasteiger partial charge in [0.15, 0.2) is 11.3 Å². The van der Waals surface area contributed by atoms with Gasteiger partial charge in [0.2, 0.25) is 5.91 Å². The largest absolute Gasteiger partial charge is 0.480 e. The van der Waals surface area contributed by atoms with Crippen molar-refractivity contribution in [2.45, 2.75) is 57.5 Å². The van der Waals surface area contributed by atoms with Gasteiger partial charge in [0.1, 0.15) is 12.3 Å². The summed E-state index contributed by atoms with van der Waals surface area (Å²) in [5.74, 6) is -3.46. The normalized spacial score (nSPS) is 19.8. The second-order valence-electron chi connectivity index (χ2n) is 5.87. The van der Waals surface area contributed by atoms with Crippen molar-refractivity contribution in [1.29, 1.82) is 0 Å². The van der Waals surface area contributed by atoms with E-state index in [1.54, 1.807) is 6.92 Å². The summed E-state index contributed by atoms with van der Waals surface area (Å²) in [4.78, 5) is 45.5. The molecule has 0 aliphatic rings. The summed E-state index contributed by atoms with van der Waals surface area (Å²) in [6.07, 6.45) is -1.77. The van der Waals surface area contributed by atoms with Crippen LogP contribution in [0, 0.1) is 0 Å². The fourth-order valence-corrected chi connectivity index (χ4v) is 3.47. The highest BCUT2D eigenvalue weighted by molar-refractivity contribution is 7.52. The van der Waals surface area contributed by atoms with Crippen LogP contribution < -0.4 is 22.5 Å². The molecule has 0 aromatic heterocycles. The summed E-state index contributed by atoms with van der Waals surface area (Å²) in [7, 11) is -4.40. The highest BCUT2D eigenvalue weighted by Gasteiger charge is 2.44. The lowest BCUT2D eigenvalue weighted by Crippen LogP contribution is -2.65. The van der Waals surface area contributed by atoms with Crippen LogP contribution in [-0.4, -0.2) is 57.7 Å². The number of rotatable bonds is 11. The Kier molecular flexibility index (Phi) is 8.86. The molecule has 11 nitrogen and oxygen atoms in total. The minimum Gasteiger partial charge on any atom is -0.480 e. The zero-order valence-electron chi connectivity index (χ0n) is 14.5. The van der Waals surface area contributed by atoms with Crippen molar-refractivity contribution < 1.29 is 33.5 Å². The van der Waals surface area contributed by atoms with Crippen LogP contribution in [-0.2, 0) is 23.5 Å². The van der Waals surface area contributed by atoms with Gasteiger partial charge in [-0.05, 0) is 20.3 Å². The third kappa shape index (κ3) is 7.18. The van der Waals surface area contributed by atoms with Crippen molar-refractivity contribution in [1.82, 2.24) is 5.32 Å². The monoisotopic (exact) mass is 382 g/mol. The number of amides is 1. The van der Waals surface area contributed by atoms with Crippen LogP contribution in [0.3, 0.4) is 0 Å². The van der Waals surface area contributed by atoms with Crippen molar-refractivity contribution >= 4 is 25.3 Å². The van der Waals surface area contributed by atoms with Gasteiger partial charge in [-0.15, -0.1) is 0 Å². The molecule has 0 aromatic carbocycles. The molecule has 0 spiro atoms. The zero-order chi connectivity index (χ0) is 20.0. The molecule has 0 saturated carbocycles. The molecule has 3 unspecified atom stereocenters. The number of hydrogen-bond acceptors (Lipinski definition) is 8. The molecule has 0 heterocycles. The number of ketones is 1. The number of hydrogen-bond donors (Lipinski definition) is 6. The molecule has 0 rings (SSSR count). The van der Waals surface area contributed by atoms with Crippen LogP contribution in [0.2, 0.25) is 0 Å². The SMILES string of the molecule is CCC[C@](N)(C(=O)NC(CP(=O)(O)OC(C)N)C(=O)O)C(=O)[C@H](C)N. The molecule has 146 valence electrons. The maximum Gasteiger partial charge on any atom is 0.332 e. The van der Waals surface area contributed by atoms with E-state index in [2.05, 4.69) is 4.52 Å². The fraction of sp³-hybridized carbons (Fsp3) is 0.769. The lowest BCUT2D eigenvalue weighted by Gasteiger charge is -2.29. The van der Waals surface area contributed by atoms with Crippen LogP contribution >= 0.6 is 7.60 Å². The number of nitrogens with two attached hydrogens (primary N) is 3. The van der Waals surface area contributed by atoms with E-state index in [1.807, 2.05) is 5.32 Å². The van der Waals surface area contributed by atoms with E-state index in [4.69, 9.17) is 17.2 Å². The van der Waals surface area contributed by atoms with Crippen LogP contribution in [0.5, 0.6) is 0 Å². The molecular formula is C13H27N4O7P. The number of nitrogens with one attached hydrogen (secondary N) is 1. The molecule has 0 fully saturated rings. The van der Waals surface area contributed by atoms with Gasteiger partial charge in [-0.1, -0.05) is 13.3 Å². The van der Waals surface area contributed by atoms with Crippen molar-refractivity contribution in [3.05, 3.63) is 0 Å². The first-order chi connectivity index (χ1) is 11.3. The van der Waals surface area contributed by atoms with E-state index in [-0.39, 0.29) is 6.42 Å². The summed E-state index contributed by atoms with van der Waals surface area (Å²) in [5, 5.41) is 11.2. The summed E-state index contributed by atoms with van der Waals surface area (Å²) in [6, 6.07) is -2.85. The summed E-state index contributed by atoms with van der Waals surface area (Å²) >= 11 is 0. The number of Topliss-reactive ketones (excluding diaryl/α,β-unsaturated/α-hetero) is 1. The molecule has 0 bridgehead atoms. The molecule has 9 N–H and O–H groups in total. The Bertz CT molecular complexity index is 554. The van der Waals surface area contributed by atoms with E-state index in [0.29, 0.717) is 6.42 Å². The maximum atomic E-state index is 12.4. The lowest BCUT2D eigenvalue weighted by molar-refractivity contribution is -0.144. The molecular weight excluding hydrogens is 355 g/mol. The van der Waals surface area contributed by atoms with E-state index in [1.165, 1.54) is 13.8 Å². The minimum atomic E-state index is -4.40. The Labute approximate surface area is 145 Å². The van der Waals surface area contributed by atoms with Crippen LogP contribution in [0.4, 0.5) is 0 Å². The van der Waals surface area contributed by atoms with Gasteiger partial charge in [-0.3, -0.25) is 18.7 Å². The zero-order valence-corrected chi connectivity index (χ0v) is 15.4. The van der Waals surface area contributed by atoms with Crippen molar-refractivity contribution in [2.24, 2.45) is 17.2 Å². The third-order valence-corrected chi connectivity index (χ3v) is 4.74. The molecule has 0 aromatic rings. The van der Waals surface area contributed by atoms with Crippen LogP contribution in [0.15, 0.2) is 0 Å². The van der Waals surface area contributed by atoms with Gasteiger partial charge in [0.05, 0.1) is 12.2 Å². The molecule has 0 aliphatic carbocycles. The van der Waals surface area contributed by atoms with Gasteiger partial charge in [-0.2, -0.15) is 0 Å². The van der Waals surface area contributed by atoms with E-state index >= 15 is 0 Å². The number of carboxylic acids is 1. The highest BCUT2D eigenvalue weighted by atomic mass is 31.2. The first kappa shape index (κ1) is 23.6. The van der Waals surface area contributed by atoms with Gasteiger partial charge >= 0.3 is 13.6 Å². The van der Waals surface area contributed by atoms with Gasteiger partial charge in [0.25, 0.3) is 0 Å². The van der Waals surface area contributed by atoms with Gasteiger partial charge in [0, 0.05) is 0 Å². The maximum absolute atomic E-state index is 12.4. The Morgan fingerprint density at radius 3 is 2.16 bits per heavy atom. The number of carbonyl (C=O) groups is 3. The summed E-state index contributed by atoms with van der Waals surface area (Å²) in [6.45, 7) is 4.31. The second-order valence-corrected chi connectivity index (χ2v) is 7.72. The molecule has 25 heavy (non-hydrogen) atoms.